The number of rotatable bonds is 9. The Morgan fingerprint density at radius 3 is 2.13 bits per heavy atom. The van der Waals surface area contributed by atoms with Gasteiger partial charge in [-0.3, -0.25) is 0 Å². The first-order valence-corrected chi connectivity index (χ1v) is 11.5. The normalized spacial score (nSPS) is 13.2. The molecule has 0 rings (SSSR count). The van der Waals surface area contributed by atoms with Crippen molar-refractivity contribution in [2.24, 2.45) is 0 Å². The molecule has 0 unspecified atom stereocenters. The van der Waals surface area contributed by atoms with Gasteiger partial charge in [0.1, 0.15) is 8.83 Å². The molecule has 0 aromatic carbocycles. The lowest BCUT2D eigenvalue weighted by Crippen LogP contribution is -2.27. The predicted molar refractivity (Wildman–Crippen MR) is 78.2 cm³/mol. The SMILES string of the molecule is CCCCCCCC[Si](C)C(C)(C)[SiH2]Cl. The third-order valence-electron chi connectivity index (χ3n) is 3.39. The third kappa shape index (κ3) is 7.59. The van der Waals surface area contributed by atoms with E-state index in [4.69, 9.17) is 11.1 Å². The Labute approximate surface area is 105 Å². The van der Waals surface area contributed by atoms with Crippen molar-refractivity contribution in [1.82, 2.24) is 0 Å². The molecule has 3 heteroatoms. The van der Waals surface area contributed by atoms with Gasteiger partial charge in [-0.1, -0.05) is 71.9 Å². The van der Waals surface area contributed by atoms with Crippen LogP contribution in [-0.2, 0) is 0 Å². The Bertz CT molecular complexity index is 149. The lowest BCUT2D eigenvalue weighted by atomic mass is 10.1. The molecule has 0 aliphatic heterocycles. The van der Waals surface area contributed by atoms with Crippen LogP contribution in [0.3, 0.4) is 0 Å². The molecule has 0 amide bonds. The molecular weight excluding hydrogens is 236 g/mol. The quantitative estimate of drug-likeness (QED) is 0.326. The zero-order chi connectivity index (χ0) is 11.7. The topological polar surface area (TPSA) is 0 Å². The fourth-order valence-corrected chi connectivity index (χ4v) is 6.58. The van der Waals surface area contributed by atoms with Gasteiger partial charge in [-0.15, -0.1) is 0 Å². The highest BCUT2D eigenvalue weighted by Gasteiger charge is 2.26. The van der Waals surface area contributed by atoms with Crippen LogP contribution in [0.2, 0.25) is 17.3 Å². The second-order valence-electron chi connectivity index (χ2n) is 5.32. The van der Waals surface area contributed by atoms with Crippen LogP contribution in [0.1, 0.15) is 59.3 Å². The molecule has 0 aromatic heterocycles. The average Bonchev–Trinajstić information content (AvgIpc) is 2.22. The molecule has 0 spiro atoms. The van der Waals surface area contributed by atoms with Gasteiger partial charge in [-0.25, -0.2) is 0 Å². The molecule has 0 aliphatic carbocycles. The maximum Gasteiger partial charge on any atom is 0.128 e. The first-order chi connectivity index (χ1) is 7.04. The molecule has 0 saturated heterocycles. The van der Waals surface area contributed by atoms with Gasteiger partial charge in [-0.2, -0.15) is 11.1 Å². The summed E-state index contributed by atoms with van der Waals surface area (Å²) in [7, 11) is -0.515. The Morgan fingerprint density at radius 1 is 1.07 bits per heavy atom. The number of halogens is 1. The van der Waals surface area contributed by atoms with E-state index in [0.717, 1.165) is 0 Å². The molecule has 0 atom stereocenters. The molecule has 1 radical (unpaired) electrons. The summed E-state index contributed by atoms with van der Waals surface area (Å²) in [6.07, 6.45) is 8.56. The van der Waals surface area contributed by atoms with E-state index in [1.807, 2.05) is 0 Å². The molecule has 0 heterocycles. The molecule has 0 N–H and O–H groups in total. The Kier molecular flexibility index (Phi) is 9.25. The van der Waals surface area contributed by atoms with Gasteiger partial charge in [-0.05, 0) is 4.66 Å². The second kappa shape index (κ2) is 8.83. The van der Waals surface area contributed by atoms with Gasteiger partial charge in [0.2, 0.25) is 0 Å². The first-order valence-electron chi connectivity index (χ1n) is 6.43. The molecule has 0 saturated carbocycles. The minimum Gasteiger partial charge on any atom is -0.176 e. The van der Waals surface area contributed by atoms with E-state index in [1.165, 1.54) is 44.6 Å². The molecular formula is C12H28ClSi2. The Balaban J connectivity index is 3.43. The molecule has 0 bridgehead atoms. The van der Waals surface area contributed by atoms with Crippen molar-refractivity contribution in [3.8, 4) is 0 Å². The van der Waals surface area contributed by atoms with Crippen molar-refractivity contribution in [1.29, 1.82) is 0 Å². The summed E-state index contributed by atoms with van der Waals surface area (Å²) in [4.78, 5) is 0. The number of hydrogen-bond acceptors (Lipinski definition) is 0. The summed E-state index contributed by atoms with van der Waals surface area (Å²) in [6, 6.07) is 1.48. The van der Waals surface area contributed by atoms with Crippen LogP contribution < -0.4 is 0 Å². The van der Waals surface area contributed by atoms with Gasteiger partial charge >= 0.3 is 0 Å². The van der Waals surface area contributed by atoms with Gasteiger partial charge in [0, 0.05) is 8.80 Å². The molecule has 0 aromatic rings. The number of hydrogen-bond donors (Lipinski definition) is 0. The van der Waals surface area contributed by atoms with Gasteiger partial charge in [0.25, 0.3) is 0 Å². The molecule has 0 fully saturated rings. The fourth-order valence-electron chi connectivity index (χ4n) is 1.62. The minimum atomic E-state index is -0.336. The Morgan fingerprint density at radius 2 is 1.60 bits per heavy atom. The molecule has 91 valence electrons. The van der Waals surface area contributed by atoms with E-state index in [-0.39, 0.29) is 17.6 Å². The molecule has 0 nitrogen and oxygen atoms in total. The largest absolute Gasteiger partial charge is 0.176 e. The average molecular weight is 264 g/mol. The van der Waals surface area contributed by atoms with Crippen LogP contribution in [0.25, 0.3) is 0 Å². The molecule has 0 aliphatic rings. The van der Waals surface area contributed by atoms with Crippen molar-refractivity contribution in [3.05, 3.63) is 0 Å². The summed E-state index contributed by atoms with van der Waals surface area (Å²) < 4.78 is 0.551. The Hall–Kier alpha value is 0.724. The molecule has 15 heavy (non-hydrogen) atoms. The van der Waals surface area contributed by atoms with Crippen molar-refractivity contribution in [2.45, 2.75) is 76.5 Å². The fraction of sp³-hybridized carbons (Fsp3) is 1.00. The summed E-state index contributed by atoms with van der Waals surface area (Å²) >= 11 is 6.13. The lowest BCUT2D eigenvalue weighted by molar-refractivity contribution is 0.622. The van der Waals surface area contributed by atoms with Crippen molar-refractivity contribution >= 4 is 28.7 Å². The third-order valence-corrected chi connectivity index (χ3v) is 12.5. The van der Waals surface area contributed by atoms with Gasteiger partial charge < -0.3 is 0 Å². The second-order valence-corrected chi connectivity index (χ2v) is 12.3. The highest BCUT2D eigenvalue weighted by atomic mass is 35.6. The van der Waals surface area contributed by atoms with E-state index in [1.54, 1.807) is 0 Å². The van der Waals surface area contributed by atoms with Crippen LogP contribution in [0.4, 0.5) is 0 Å². The first kappa shape index (κ1) is 15.7. The van der Waals surface area contributed by atoms with Gasteiger partial charge in [0.15, 0.2) is 0 Å². The van der Waals surface area contributed by atoms with Crippen molar-refractivity contribution < 1.29 is 0 Å². The summed E-state index contributed by atoms with van der Waals surface area (Å²) in [5.41, 5.74) is 0. The maximum absolute atomic E-state index is 6.13. The zero-order valence-electron chi connectivity index (χ0n) is 11.0. The highest BCUT2D eigenvalue weighted by molar-refractivity contribution is 7.01. The van der Waals surface area contributed by atoms with E-state index in [9.17, 15) is 0 Å². The predicted octanol–water partition coefficient (Wildman–Crippen LogP) is 4.53. The monoisotopic (exact) mass is 263 g/mol. The van der Waals surface area contributed by atoms with Crippen molar-refractivity contribution in [2.75, 3.05) is 0 Å². The maximum atomic E-state index is 6.13. The van der Waals surface area contributed by atoms with Crippen molar-refractivity contribution in [3.63, 3.8) is 0 Å². The summed E-state index contributed by atoms with van der Waals surface area (Å²) in [5, 5.41) is 0. The van der Waals surface area contributed by atoms with E-state index >= 15 is 0 Å². The van der Waals surface area contributed by atoms with Gasteiger partial charge in [0.05, 0.1) is 0 Å². The minimum absolute atomic E-state index is 0.179. The summed E-state index contributed by atoms with van der Waals surface area (Å²) in [6.45, 7) is 9.53. The van der Waals surface area contributed by atoms with Crippen LogP contribution in [0.5, 0.6) is 0 Å². The van der Waals surface area contributed by atoms with Crippen LogP contribution in [-0.4, -0.2) is 17.6 Å². The van der Waals surface area contributed by atoms with E-state index in [2.05, 4.69) is 27.3 Å². The van der Waals surface area contributed by atoms with Crippen LogP contribution in [0.15, 0.2) is 0 Å². The van der Waals surface area contributed by atoms with Crippen LogP contribution in [0, 0.1) is 0 Å². The highest BCUT2D eigenvalue weighted by Crippen LogP contribution is 2.31. The summed E-state index contributed by atoms with van der Waals surface area (Å²) in [5.74, 6) is 0. The zero-order valence-corrected chi connectivity index (χ0v) is 14.2. The number of unbranched alkanes of at least 4 members (excludes halogenated alkanes) is 5. The lowest BCUT2D eigenvalue weighted by Gasteiger charge is -2.27. The standard InChI is InChI=1S/C12H28ClSi2/c1-5-6-7-8-9-10-11-15(4)12(2,3)14-13/h5-11,14H2,1-4H3. The van der Waals surface area contributed by atoms with E-state index < -0.39 is 0 Å². The van der Waals surface area contributed by atoms with Crippen LogP contribution >= 0.6 is 11.1 Å². The smallest absolute Gasteiger partial charge is 0.128 e. The van der Waals surface area contributed by atoms with E-state index in [0.29, 0.717) is 4.66 Å².